The first-order valence-electron chi connectivity index (χ1n) is 10.6. The van der Waals surface area contributed by atoms with Gasteiger partial charge in [0, 0.05) is 12.7 Å². The van der Waals surface area contributed by atoms with Crippen LogP contribution in [0.3, 0.4) is 0 Å². The average molecular weight is 485 g/mol. The van der Waals surface area contributed by atoms with Crippen LogP contribution >= 0.6 is 0 Å². The van der Waals surface area contributed by atoms with Crippen LogP contribution in [0.25, 0.3) is 0 Å². The number of nitrogens with one attached hydrogen (secondary N) is 1. The van der Waals surface area contributed by atoms with Gasteiger partial charge in [-0.1, -0.05) is 5.73 Å². The molecule has 0 bridgehead atoms. The second kappa shape index (κ2) is 8.56. The number of alkyl halides is 3. The lowest BCUT2D eigenvalue weighted by molar-refractivity contribution is -0.138. The van der Waals surface area contributed by atoms with Crippen LogP contribution in [0.15, 0.2) is 48.1 Å². The number of rotatable bonds is 3. The van der Waals surface area contributed by atoms with Gasteiger partial charge in [-0.15, -0.1) is 0 Å². The van der Waals surface area contributed by atoms with Gasteiger partial charge >= 0.3 is 6.18 Å². The van der Waals surface area contributed by atoms with E-state index in [2.05, 4.69) is 16.0 Å². The minimum absolute atomic E-state index is 0.0870. The molecule has 0 atom stereocenters. The first kappa shape index (κ1) is 24.0. The predicted octanol–water partition coefficient (Wildman–Crippen LogP) is 4.26. The van der Waals surface area contributed by atoms with Crippen molar-refractivity contribution in [2.75, 3.05) is 16.8 Å². The zero-order chi connectivity index (χ0) is 25.5. The number of aromatic nitrogens is 1. The number of carbonyl (C=O) groups is 2. The molecule has 2 aliphatic rings. The van der Waals surface area contributed by atoms with E-state index in [1.54, 1.807) is 11.8 Å². The van der Waals surface area contributed by atoms with Gasteiger partial charge in [-0.3, -0.25) is 14.5 Å². The number of anilines is 2. The molecule has 2 heterocycles. The number of pyridine rings is 1. The Hall–Kier alpha value is -4.16. The van der Waals surface area contributed by atoms with Crippen LogP contribution in [0.4, 0.5) is 28.9 Å². The standard InChI is InChI=1S/C24H19F4N5O2/c1-3-5-20-32(15-10-17(24(26,27)28)19(12-29)31-13-15)22(35)23(8-4-9-23)33(20)14-6-7-16(18(25)11-14)21(34)30-2/h3,6-7,10-11,13H,4,8-9H2,1-2H3,(H,30,34). The van der Waals surface area contributed by atoms with Crippen molar-refractivity contribution in [1.29, 1.82) is 5.26 Å². The second-order valence-corrected chi connectivity index (χ2v) is 8.06. The van der Waals surface area contributed by atoms with E-state index in [9.17, 15) is 27.2 Å². The van der Waals surface area contributed by atoms with E-state index >= 15 is 0 Å². The van der Waals surface area contributed by atoms with E-state index in [1.165, 1.54) is 31.3 Å². The number of amides is 2. The van der Waals surface area contributed by atoms with E-state index < -0.39 is 40.6 Å². The number of benzene rings is 1. The molecule has 1 saturated carbocycles. The van der Waals surface area contributed by atoms with E-state index in [0.717, 1.165) is 17.2 Å². The first-order chi connectivity index (χ1) is 16.6. The number of nitrogens with zero attached hydrogens (tertiary/aromatic N) is 4. The Morgan fingerprint density at radius 1 is 1.26 bits per heavy atom. The predicted molar refractivity (Wildman–Crippen MR) is 118 cm³/mol. The average Bonchev–Trinajstić information content (AvgIpc) is 3.06. The van der Waals surface area contributed by atoms with E-state index in [4.69, 9.17) is 5.26 Å². The molecule has 0 unspecified atom stereocenters. The molecular formula is C24H19F4N5O2. The zero-order valence-electron chi connectivity index (χ0n) is 18.7. The van der Waals surface area contributed by atoms with Gasteiger partial charge in [-0.05, 0) is 56.5 Å². The molecule has 11 heteroatoms. The molecule has 1 spiro atoms. The Morgan fingerprint density at radius 2 is 1.97 bits per heavy atom. The normalized spacial score (nSPS) is 16.6. The third-order valence-electron chi connectivity index (χ3n) is 6.13. The fraction of sp³-hybridized carbons (Fsp3) is 0.292. The molecule has 1 aliphatic carbocycles. The maximum absolute atomic E-state index is 14.8. The summed E-state index contributed by atoms with van der Waals surface area (Å²) in [4.78, 5) is 31.8. The minimum atomic E-state index is -4.87. The van der Waals surface area contributed by atoms with Gasteiger partial charge in [-0.2, -0.15) is 18.4 Å². The van der Waals surface area contributed by atoms with Crippen molar-refractivity contribution in [3.05, 3.63) is 70.7 Å². The number of halogens is 4. The zero-order valence-corrected chi connectivity index (χ0v) is 18.7. The Morgan fingerprint density at radius 3 is 2.49 bits per heavy atom. The van der Waals surface area contributed by atoms with E-state index in [1.807, 2.05) is 0 Å². The van der Waals surface area contributed by atoms with Gasteiger partial charge in [-0.25, -0.2) is 9.37 Å². The molecule has 1 aliphatic heterocycles. The fourth-order valence-corrected chi connectivity index (χ4v) is 4.36. The molecule has 35 heavy (non-hydrogen) atoms. The third kappa shape index (κ3) is 3.72. The van der Waals surface area contributed by atoms with Gasteiger partial charge in [0.2, 0.25) is 0 Å². The monoisotopic (exact) mass is 485 g/mol. The van der Waals surface area contributed by atoms with Crippen molar-refractivity contribution in [2.45, 2.75) is 37.9 Å². The Kier molecular flexibility index (Phi) is 5.87. The number of carbonyl (C=O) groups excluding carboxylic acids is 2. The van der Waals surface area contributed by atoms with Gasteiger partial charge < -0.3 is 10.2 Å². The van der Waals surface area contributed by atoms with Crippen molar-refractivity contribution in [2.24, 2.45) is 0 Å². The van der Waals surface area contributed by atoms with Crippen LogP contribution in [0, 0.1) is 17.1 Å². The molecular weight excluding hydrogens is 466 g/mol. The summed E-state index contributed by atoms with van der Waals surface area (Å²) in [5.41, 5.74) is -0.482. The molecule has 1 saturated heterocycles. The van der Waals surface area contributed by atoms with Gasteiger partial charge in [0.25, 0.3) is 11.8 Å². The maximum Gasteiger partial charge on any atom is 0.419 e. The van der Waals surface area contributed by atoms with Gasteiger partial charge in [0.05, 0.1) is 23.0 Å². The summed E-state index contributed by atoms with van der Waals surface area (Å²) >= 11 is 0. The van der Waals surface area contributed by atoms with E-state index in [0.29, 0.717) is 25.3 Å². The van der Waals surface area contributed by atoms with Crippen molar-refractivity contribution in [1.82, 2.24) is 10.3 Å². The summed E-state index contributed by atoms with van der Waals surface area (Å²) in [5.74, 6) is -1.87. The first-order valence-corrected chi connectivity index (χ1v) is 10.6. The Bertz CT molecular complexity index is 1330. The Labute approximate surface area is 198 Å². The molecule has 0 radical (unpaired) electrons. The van der Waals surface area contributed by atoms with Crippen LogP contribution in [-0.2, 0) is 11.0 Å². The van der Waals surface area contributed by atoms with Crippen molar-refractivity contribution < 1.29 is 27.2 Å². The van der Waals surface area contributed by atoms with Crippen LogP contribution in [0.1, 0.15) is 47.8 Å². The number of allylic oxidation sites excluding steroid dienone is 1. The summed E-state index contributed by atoms with van der Waals surface area (Å²) in [6.45, 7) is 1.62. The fourth-order valence-electron chi connectivity index (χ4n) is 4.36. The lowest BCUT2D eigenvalue weighted by Crippen LogP contribution is -2.54. The minimum Gasteiger partial charge on any atom is -0.355 e. The summed E-state index contributed by atoms with van der Waals surface area (Å²) in [5, 5.41) is 11.4. The summed E-state index contributed by atoms with van der Waals surface area (Å²) in [6, 6.07) is 5.98. The highest BCUT2D eigenvalue weighted by Gasteiger charge is 2.59. The molecule has 2 fully saturated rings. The van der Waals surface area contributed by atoms with Crippen LogP contribution in [-0.4, -0.2) is 29.4 Å². The quantitative estimate of drug-likeness (QED) is 0.518. The van der Waals surface area contributed by atoms with Gasteiger partial charge in [0.1, 0.15) is 17.4 Å². The lowest BCUT2D eigenvalue weighted by Gasteiger charge is -2.43. The SMILES string of the molecule is CC=C=C1N(c2cnc(C#N)c(C(F)(F)F)c2)C(=O)C2(CCC2)N1c1ccc(C(=O)NC)c(F)c1. The molecule has 1 aromatic carbocycles. The third-order valence-corrected chi connectivity index (χ3v) is 6.13. The highest BCUT2D eigenvalue weighted by Crippen LogP contribution is 2.51. The maximum atomic E-state index is 14.8. The molecule has 1 N–H and O–H groups in total. The summed E-state index contributed by atoms with van der Waals surface area (Å²) < 4.78 is 55.6. The Balaban J connectivity index is 1.90. The largest absolute Gasteiger partial charge is 0.419 e. The van der Waals surface area contributed by atoms with Crippen molar-refractivity contribution >= 4 is 23.2 Å². The van der Waals surface area contributed by atoms with Crippen LogP contribution in [0.2, 0.25) is 0 Å². The summed E-state index contributed by atoms with van der Waals surface area (Å²) in [6.07, 6.45) is -0.922. The van der Waals surface area contributed by atoms with Crippen molar-refractivity contribution in [3.8, 4) is 6.07 Å². The molecule has 1 aromatic heterocycles. The second-order valence-electron chi connectivity index (χ2n) is 8.06. The molecule has 2 aromatic rings. The topological polar surface area (TPSA) is 89.3 Å². The number of nitriles is 1. The van der Waals surface area contributed by atoms with E-state index in [-0.39, 0.29) is 22.8 Å². The summed E-state index contributed by atoms with van der Waals surface area (Å²) in [7, 11) is 1.36. The van der Waals surface area contributed by atoms with Crippen molar-refractivity contribution in [3.63, 3.8) is 0 Å². The van der Waals surface area contributed by atoms with Crippen LogP contribution in [0.5, 0.6) is 0 Å². The lowest BCUT2D eigenvalue weighted by atomic mass is 9.75. The highest BCUT2D eigenvalue weighted by molar-refractivity contribution is 6.11. The van der Waals surface area contributed by atoms with Crippen LogP contribution < -0.4 is 15.1 Å². The number of hydrogen-bond acceptors (Lipinski definition) is 5. The molecule has 4 rings (SSSR count). The molecule has 180 valence electrons. The molecule has 7 nitrogen and oxygen atoms in total. The number of hydrogen-bond donors (Lipinski definition) is 1. The molecule has 2 amide bonds. The smallest absolute Gasteiger partial charge is 0.355 e. The highest BCUT2D eigenvalue weighted by atomic mass is 19.4. The van der Waals surface area contributed by atoms with Gasteiger partial charge in [0.15, 0.2) is 11.5 Å².